The molecule has 0 amide bonds. The van der Waals surface area contributed by atoms with Gasteiger partial charge in [-0.05, 0) is 30.5 Å². The van der Waals surface area contributed by atoms with Gasteiger partial charge in [0.1, 0.15) is 0 Å². The van der Waals surface area contributed by atoms with Gasteiger partial charge in [0.05, 0.1) is 4.90 Å². The molecule has 0 aliphatic carbocycles. The summed E-state index contributed by atoms with van der Waals surface area (Å²) in [7, 11) is -3.37. The van der Waals surface area contributed by atoms with Gasteiger partial charge in [0, 0.05) is 32.7 Å². The average Bonchev–Trinajstić information content (AvgIpc) is 2.47. The molecule has 22 heavy (non-hydrogen) atoms. The zero-order chi connectivity index (χ0) is 16.3. The van der Waals surface area contributed by atoms with E-state index < -0.39 is 10.0 Å². The zero-order valence-electron chi connectivity index (χ0n) is 13.7. The van der Waals surface area contributed by atoms with Crippen molar-refractivity contribution in [1.29, 1.82) is 0 Å². The van der Waals surface area contributed by atoms with Crippen LogP contribution >= 0.6 is 0 Å². The summed E-state index contributed by atoms with van der Waals surface area (Å²) >= 11 is 0. The SMILES string of the molecule is C=C(C)CN1CCN(S(=O)(=O)c2ccc(C(C)C)cc2)CC1. The number of hydrogen-bond acceptors (Lipinski definition) is 3. The molecule has 1 fully saturated rings. The Hall–Kier alpha value is -1.17. The molecule has 122 valence electrons. The van der Waals surface area contributed by atoms with E-state index in [4.69, 9.17) is 0 Å². The minimum Gasteiger partial charge on any atom is -0.297 e. The van der Waals surface area contributed by atoms with E-state index in [9.17, 15) is 8.42 Å². The van der Waals surface area contributed by atoms with Crippen LogP contribution < -0.4 is 0 Å². The van der Waals surface area contributed by atoms with Crippen LogP contribution in [-0.4, -0.2) is 50.3 Å². The number of rotatable bonds is 5. The van der Waals surface area contributed by atoms with E-state index in [2.05, 4.69) is 25.3 Å². The first-order valence-electron chi connectivity index (χ1n) is 7.77. The van der Waals surface area contributed by atoms with E-state index in [-0.39, 0.29) is 0 Å². The first kappa shape index (κ1) is 17.2. The van der Waals surface area contributed by atoms with Crippen molar-refractivity contribution >= 4 is 10.0 Å². The summed E-state index contributed by atoms with van der Waals surface area (Å²) in [5.41, 5.74) is 2.27. The van der Waals surface area contributed by atoms with Gasteiger partial charge in [-0.3, -0.25) is 4.90 Å². The number of hydrogen-bond donors (Lipinski definition) is 0. The van der Waals surface area contributed by atoms with Crippen molar-refractivity contribution in [3.8, 4) is 0 Å². The fraction of sp³-hybridized carbons (Fsp3) is 0.529. The van der Waals surface area contributed by atoms with E-state index in [1.54, 1.807) is 16.4 Å². The molecule has 1 heterocycles. The van der Waals surface area contributed by atoms with Crippen LogP contribution in [0.25, 0.3) is 0 Å². The summed E-state index contributed by atoms with van der Waals surface area (Å²) < 4.78 is 27.0. The normalized spacial score (nSPS) is 17.8. The van der Waals surface area contributed by atoms with Gasteiger partial charge in [0.2, 0.25) is 10.0 Å². The molecule has 0 spiro atoms. The molecule has 0 aromatic heterocycles. The number of sulfonamides is 1. The van der Waals surface area contributed by atoms with Gasteiger partial charge < -0.3 is 0 Å². The van der Waals surface area contributed by atoms with Crippen LogP contribution in [-0.2, 0) is 10.0 Å². The monoisotopic (exact) mass is 322 g/mol. The van der Waals surface area contributed by atoms with E-state index >= 15 is 0 Å². The molecule has 5 heteroatoms. The molecule has 4 nitrogen and oxygen atoms in total. The molecule has 0 unspecified atom stereocenters. The van der Waals surface area contributed by atoms with Crippen LogP contribution in [0.2, 0.25) is 0 Å². The number of nitrogens with zero attached hydrogens (tertiary/aromatic N) is 2. The Bertz CT molecular complexity index is 613. The Kier molecular flexibility index (Phi) is 5.42. The zero-order valence-corrected chi connectivity index (χ0v) is 14.6. The largest absolute Gasteiger partial charge is 0.297 e. The fourth-order valence-electron chi connectivity index (χ4n) is 2.68. The highest BCUT2D eigenvalue weighted by atomic mass is 32.2. The van der Waals surface area contributed by atoms with E-state index in [0.717, 1.165) is 30.8 Å². The lowest BCUT2D eigenvalue weighted by atomic mass is 10.0. The second-order valence-electron chi connectivity index (χ2n) is 6.36. The Morgan fingerprint density at radius 2 is 1.68 bits per heavy atom. The summed E-state index contributed by atoms with van der Waals surface area (Å²) in [6.45, 7) is 13.6. The molecule has 0 bridgehead atoms. The van der Waals surface area contributed by atoms with Gasteiger partial charge in [-0.25, -0.2) is 8.42 Å². The highest BCUT2D eigenvalue weighted by Gasteiger charge is 2.28. The molecule has 1 aromatic carbocycles. The summed E-state index contributed by atoms with van der Waals surface area (Å²) in [5, 5.41) is 0. The molecule has 1 saturated heterocycles. The molecule has 0 radical (unpaired) electrons. The van der Waals surface area contributed by atoms with Crippen LogP contribution in [0, 0.1) is 0 Å². The van der Waals surface area contributed by atoms with Gasteiger partial charge in [-0.1, -0.05) is 38.1 Å². The minimum absolute atomic E-state index is 0.394. The number of benzene rings is 1. The maximum atomic E-state index is 12.7. The third-order valence-corrected chi connectivity index (χ3v) is 5.92. The Morgan fingerprint density at radius 1 is 1.14 bits per heavy atom. The third-order valence-electron chi connectivity index (χ3n) is 4.01. The van der Waals surface area contributed by atoms with Crippen molar-refractivity contribution < 1.29 is 8.42 Å². The molecule has 0 atom stereocenters. The Balaban J connectivity index is 2.06. The topological polar surface area (TPSA) is 40.6 Å². The van der Waals surface area contributed by atoms with Crippen molar-refractivity contribution in [2.45, 2.75) is 31.6 Å². The molecule has 1 aromatic rings. The lowest BCUT2D eigenvalue weighted by Gasteiger charge is -2.34. The lowest BCUT2D eigenvalue weighted by Crippen LogP contribution is -2.48. The Labute approximate surface area is 134 Å². The van der Waals surface area contributed by atoms with Crippen LogP contribution in [0.1, 0.15) is 32.3 Å². The van der Waals surface area contributed by atoms with Crippen LogP contribution in [0.4, 0.5) is 0 Å². The minimum atomic E-state index is -3.37. The highest BCUT2D eigenvalue weighted by molar-refractivity contribution is 7.89. The van der Waals surface area contributed by atoms with Crippen molar-refractivity contribution in [1.82, 2.24) is 9.21 Å². The van der Waals surface area contributed by atoms with Crippen LogP contribution in [0.5, 0.6) is 0 Å². The predicted octanol–water partition coefficient (Wildman–Crippen LogP) is 2.69. The van der Waals surface area contributed by atoms with Gasteiger partial charge in [-0.2, -0.15) is 4.31 Å². The smallest absolute Gasteiger partial charge is 0.243 e. The summed E-state index contributed by atoms with van der Waals surface area (Å²) in [5.74, 6) is 0.405. The highest BCUT2D eigenvalue weighted by Crippen LogP contribution is 2.21. The van der Waals surface area contributed by atoms with Crippen molar-refractivity contribution in [2.24, 2.45) is 0 Å². The molecule has 1 aliphatic rings. The average molecular weight is 322 g/mol. The van der Waals surface area contributed by atoms with Gasteiger partial charge in [0.25, 0.3) is 0 Å². The maximum absolute atomic E-state index is 12.7. The third kappa shape index (κ3) is 3.97. The van der Waals surface area contributed by atoms with E-state index in [1.165, 1.54) is 0 Å². The van der Waals surface area contributed by atoms with Crippen molar-refractivity contribution in [3.05, 3.63) is 42.0 Å². The summed E-state index contributed by atoms with van der Waals surface area (Å²) in [6.07, 6.45) is 0. The molecule has 0 saturated carbocycles. The number of piperazine rings is 1. The second-order valence-corrected chi connectivity index (χ2v) is 8.30. The van der Waals surface area contributed by atoms with Gasteiger partial charge >= 0.3 is 0 Å². The quantitative estimate of drug-likeness (QED) is 0.783. The molecular formula is C17H26N2O2S. The summed E-state index contributed by atoms with van der Waals surface area (Å²) in [6, 6.07) is 7.28. The van der Waals surface area contributed by atoms with E-state index in [1.807, 2.05) is 19.1 Å². The van der Waals surface area contributed by atoms with Crippen molar-refractivity contribution in [3.63, 3.8) is 0 Å². The lowest BCUT2D eigenvalue weighted by molar-refractivity contribution is 0.201. The van der Waals surface area contributed by atoms with Gasteiger partial charge in [0.15, 0.2) is 0 Å². The summed E-state index contributed by atoms with van der Waals surface area (Å²) in [4.78, 5) is 2.64. The fourth-order valence-corrected chi connectivity index (χ4v) is 4.11. The molecular weight excluding hydrogens is 296 g/mol. The van der Waals surface area contributed by atoms with Crippen LogP contribution in [0.15, 0.2) is 41.3 Å². The first-order chi connectivity index (χ1) is 10.3. The first-order valence-corrected chi connectivity index (χ1v) is 9.21. The second kappa shape index (κ2) is 6.94. The standard InChI is InChI=1S/C17H26N2O2S/c1-14(2)13-18-9-11-19(12-10-18)22(20,21)17-7-5-16(6-8-17)15(3)4/h5-8,15H,1,9-13H2,2-4H3. The Morgan fingerprint density at radius 3 is 2.14 bits per heavy atom. The van der Waals surface area contributed by atoms with Crippen LogP contribution in [0.3, 0.4) is 0 Å². The molecule has 1 aliphatic heterocycles. The molecule has 2 rings (SSSR count). The predicted molar refractivity (Wildman–Crippen MR) is 90.5 cm³/mol. The van der Waals surface area contributed by atoms with E-state index in [0.29, 0.717) is 23.9 Å². The molecule has 0 N–H and O–H groups in total. The maximum Gasteiger partial charge on any atom is 0.243 e. The van der Waals surface area contributed by atoms with Gasteiger partial charge in [-0.15, -0.1) is 0 Å². The van der Waals surface area contributed by atoms with Crippen molar-refractivity contribution in [2.75, 3.05) is 32.7 Å².